The quantitative estimate of drug-likeness (QED) is 0.602. The Morgan fingerprint density at radius 3 is 2.47 bits per heavy atom. The number of amides is 1. The van der Waals surface area contributed by atoms with E-state index in [9.17, 15) is 9.36 Å². The summed E-state index contributed by atoms with van der Waals surface area (Å²) in [6, 6.07) is 15.3. The van der Waals surface area contributed by atoms with E-state index in [0.717, 1.165) is 24.2 Å². The van der Waals surface area contributed by atoms with Crippen LogP contribution in [0.3, 0.4) is 0 Å². The number of benzene rings is 2. The fraction of sp³-hybridized carbons (Fsp3) is 0.320. The van der Waals surface area contributed by atoms with Crippen LogP contribution in [0, 0.1) is 0 Å². The predicted molar refractivity (Wildman–Crippen MR) is 139 cm³/mol. The van der Waals surface area contributed by atoms with Gasteiger partial charge in [-0.25, -0.2) is 9.98 Å². The summed E-state index contributed by atoms with van der Waals surface area (Å²) in [7, 11) is -2.13. The van der Waals surface area contributed by atoms with Gasteiger partial charge < -0.3 is 4.57 Å². The molecular formula is C25H27ClN5O2P. The monoisotopic (exact) mass is 495 g/mol. The summed E-state index contributed by atoms with van der Waals surface area (Å²) in [6.45, 7) is 10.7. The molecule has 0 aromatic heterocycles. The molecule has 1 fully saturated rings. The molecule has 0 radical (unpaired) electrons. The highest BCUT2D eigenvalue weighted by Gasteiger charge is 2.43. The van der Waals surface area contributed by atoms with Crippen LogP contribution in [-0.2, 0) is 9.36 Å². The summed E-state index contributed by atoms with van der Waals surface area (Å²) in [4.78, 5) is 29.3. The minimum Gasteiger partial charge on any atom is -0.323 e. The predicted octanol–water partition coefficient (Wildman–Crippen LogP) is 3.97. The molecule has 176 valence electrons. The molecule has 7 nitrogen and oxygen atoms in total. The SMILES string of the molecule is C=C1N=C(c2ccccc2)c2cc(Cl)ccc2N2C(=O)C(N3CCN(CP(C)(C)=O)CC3)N=C12. The second-order valence-electron chi connectivity index (χ2n) is 9.30. The number of hydrogen-bond acceptors (Lipinski definition) is 6. The van der Waals surface area contributed by atoms with Gasteiger partial charge in [-0.15, -0.1) is 0 Å². The van der Waals surface area contributed by atoms with E-state index in [-0.39, 0.29) is 5.91 Å². The van der Waals surface area contributed by atoms with E-state index in [1.807, 2.05) is 55.8 Å². The zero-order valence-electron chi connectivity index (χ0n) is 19.3. The van der Waals surface area contributed by atoms with Gasteiger partial charge in [-0.2, -0.15) is 0 Å². The highest BCUT2D eigenvalue weighted by Crippen LogP contribution is 2.38. The molecule has 2 aromatic rings. The Morgan fingerprint density at radius 1 is 1.09 bits per heavy atom. The molecule has 34 heavy (non-hydrogen) atoms. The van der Waals surface area contributed by atoms with Gasteiger partial charge in [0.05, 0.1) is 30.5 Å². The Kier molecular flexibility index (Phi) is 6.07. The molecular weight excluding hydrogens is 469 g/mol. The van der Waals surface area contributed by atoms with Gasteiger partial charge in [0.25, 0.3) is 5.91 Å². The van der Waals surface area contributed by atoms with Crippen molar-refractivity contribution >= 4 is 41.9 Å². The van der Waals surface area contributed by atoms with Gasteiger partial charge in [0, 0.05) is 42.3 Å². The van der Waals surface area contributed by atoms with Crippen LogP contribution in [-0.4, -0.2) is 79.2 Å². The summed E-state index contributed by atoms with van der Waals surface area (Å²) < 4.78 is 12.2. The van der Waals surface area contributed by atoms with Crippen molar-refractivity contribution in [2.45, 2.75) is 6.17 Å². The first-order valence-electron chi connectivity index (χ1n) is 11.3. The van der Waals surface area contributed by atoms with Crippen LogP contribution in [0.2, 0.25) is 5.02 Å². The molecule has 3 aliphatic rings. The van der Waals surface area contributed by atoms with Gasteiger partial charge in [-0.1, -0.05) is 48.5 Å². The van der Waals surface area contributed by atoms with Crippen LogP contribution in [0.5, 0.6) is 0 Å². The van der Waals surface area contributed by atoms with E-state index in [2.05, 4.69) is 16.4 Å². The van der Waals surface area contributed by atoms with E-state index >= 15 is 0 Å². The Morgan fingerprint density at radius 2 is 1.79 bits per heavy atom. The van der Waals surface area contributed by atoms with E-state index < -0.39 is 13.3 Å². The third-order valence-electron chi connectivity index (χ3n) is 6.20. The lowest BCUT2D eigenvalue weighted by atomic mass is 10.00. The fourth-order valence-electron chi connectivity index (χ4n) is 4.71. The Bertz CT molecular complexity index is 1260. The van der Waals surface area contributed by atoms with Crippen LogP contribution >= 0.6 is 18.7 Å². The normalized spacial score (nSPS) is 21.6. The zero-order chi connectivity index (χ0) is 24.0. The number of fused-ring (bicyclic) bond motifs is 3. The first-order valence-corrected chi connectivity index (χ1v) is 14.4. The molecule has 1 saturated heterocycles. The highest BCUT2D eigenvalue weighted by molar-refractivity contribution is 7.62. The van der Waals surface area contributed by atoms with Gasteiger partial charge in [0.2, 0.25) is 0 Å². The van der Waals surface area contributed by atoms with Gasteiger partial charge in [0.1, 0.15) is 0 Å². The molecule has 2 aromatic carbocycles. The van der Waals surface area contributed by atoms with Crippen LogP contribution in [0.4, 0.5) is 5.69 Å². The summed E-state index contributed by atoms with van der Waals surface area (Å²) in [5.41, 5.74) is 3.54. The van der Waals surface area contributed by atoms with Gasteiger partial charge >= 0.3 is 0 Å². The molecule has 9 heteroatoms. The average molecular weight is 496 g/mol. The molecule has 0 spiro atoms. The molecule has 3 heterocycles. The van der Waals surface area contributed by atoms with Crippen LogP contribution < -0.4 is 4.90 Å². The molecule has 0 bridgehead atoms. The summed E-state index contributed by atoms with van der Waals surface area (Å²) >= 11 is 6.36. The summed E-state index contributed by atoms with van der Waals surface area (Å²) in [5, 5.41) is 0.567. The van der Waals surface area contributed by atoms with Gasteiger partial charge in [-0.3, -0.25) is 19.5 Å². The molecule has 5 rings (SSSR count). The van der Waals surface area contributed by atoms with Crippen LogP contribution in [0.25, 0.3) is 0 Å². The van der Waals surface area contributed by atoms with E-state index in [0.29, 0.717) is 47.3 Å². The van der Waals surface area contributed by atoms with Crippen molar-refractivity contribution < 1.29 is 9.36 Å². The topological polar surface area (TPSA) is 68.6 Å². The lowest BCUT2D eigenvalue weighted by Crippen LogP contribution is -2.53. The molecule has 0 aliphatic carbocycles. The third kappa shape index (κ3) is 4.41. The number of amidine groups is 1. The molecule has 0 N–H and O–H groups in total. The smallest absolute Gasteiger partial charge is 0.272 e. The second-order valence-corrected chi connectivity index (χ2v) is 13.2. The maximum Gasteiger partial charge on any atom is 0.272 e. The lowest BCUT2D eigenvalue weighted by Gasteiger charge is -2.36. The summed E-state index contributed by atoms with van der Waals surface area (Å²) in [5.74, 6) is 0.355. The molecule has 0 saturated carbocycles. The van der Waals surface area contributed by atoms with E-state index in [1.165, 1.54) is 0 Å². The maximum atomic E-state index is 13.7. The number of piperazine rings is 1. The number of carbonyl (C=O) groups excluding carboxylic acids is 1. The molecule has 3 aliphatic heterocycles. The van der Waals surface area contributed by atoms with Gasteiger partial charge in [-0.05, 0) is 31.5 Å². The highest BCUT2D eigenvalue weighted by atomic mass is 35.5. The molecule has 1 unspecified atom stereocenters. The number of anilines is 1. The van der Waals surface area contributed by atoms with Crippen molar-refractivity contribution in [3.8, 4) is 0 Å². The van der Waals surface area contributed by atoms with Crippen molar-refractivity contribution in [3.05, 3.63) is 77.0 Å². The summed E-state index contributed by atoms with van der Waals surface area (Å²) in [6.07, 6.45) is -0.0249. The zero-order valence-corrected chi connectivity index (χ0v) is 21.0. The van der Waals surface area contributed by atoms with Crippen LogP contribution in [0.1, 0.15) is 11.1 Å². The number of hydrogen-bond donors (Lipinski definition) is 0. The van der Waals surface area contributed by atoms with Crippen molar-refractivity contribution in [2.24, 2.45) is 9.98 Å². The minimum absolute atomic E-state index is 0.116. The van der Waals surface area contributed by atoms with Gasteiger partial charge in [0.15, 0.2) is 12.0 Å². The third-order valence-corrected chi connectivity index (χ3v) is 7.51. The number of aliphatic imine (C=N–C) groups is 2. The van der Waals surface area contributed by atoms with Crippen molar-refractivity contribution in [2.75, 3.05) is 50.7 Å². The number of rotatable bonds is 4. The number of nitrogens with zero attached hydrogens (tertiary/aromatic N) is 5. The fourth-order valence-corrected chi connectivity index (χ4v) is 6.13. The Hall–Kier alpha value is -2.57. The Balaban J connectivity index is 1.48. The molecule has 1 atom stereocenters. The van der Waals surface area contributed by atoms with E-state index in [4.69, 9.17) is 21.6 Å². The van der Waals surface area contributed by atoms with Crippen molar-refractivity contribution in [1.29, 1.82) is 0 Å². The van der Waals surface area contributed by atoms with Crippen LogP contribution in [0.15, 0.2) is 70.8 Å². The maximum absolute atomic E-state index is 13.7. The van der Waals surface area contributed by atoms with Crippen molar-refractivity contribution in [1.82, 2.24) is 9.80 Å². The van der Waals surface area contributed by atoms with Crippen molar-refractivity contribution in [3.63, 3.8) is 0 Å². The first kappa shape index (κ1) is 23.2. The average Bonchev–Trinajstić information content (AvgIpc) is 3.08. The Labute approximate surface area is 204 Å². The number of carbonyl (C=O) groups is 1. The van der Waals surface area contributed by atoms with E-state index in [1.54, 1.807) is 11.0 Å². The number of halogens is 1. The second kappa shape index (κ2) is 8.90. The minimum atomic E-state index is -2.13. The lowest BCUT2D eigenvalue weighted by molar-refractivity contribution is -0.122. The standard InChI is InChI=1S/C25H27ClN5O2P/c1-17-23-28-24(30-13-11-29(12-14-30)16-34(2,3)33)25(32)31(23)21-10-9-19(26)15-20(21)22(27-17)18-7-5-4-6-8-18/h4-10,15,24H,1,11-14,16H2,2-3H3. The largest absolute Gasteiger partial charge is 0.323 e. The first-order chi connectivity index (χ1) is 16.2. The molecule has 1 amide bonds.